The molecular weight excluding hydrogens is 386 g/mol. The summed E-state index contributed by atoms with van der Waals surface area (Å²) >= 11 is 1.61. The number of hydrogen-bond acceptors (Lipinski definition) is 6. The molecule has 4 heterocycles. The molecule has 0 saturated carbocycles. The Morgan fingerprint density at radius 3 is 2.83 bits per heavy atom. The Bertz CT molecular complexity index is 960. The average molecular weight is 412 g/mol. The minimum Gasteiger partial charge on any atom is -0.486 e. The summed E-state index contributed by atoms with van der Waals surface area (Å²) in [6.07, 6.45) is 2.21. The minimum absolute atomic E-state index is 0.147. The molecule has 0 bridgehead atoms. The first-order valence-corrected chi connectivity index (χ1v) is 11.1. The van der Waals surface area contributed by atoms with Crippen molar-refractivity contribution < 1.29 is 14.3 Å². The van der Waals surface area contributed by atoms with E-state index in [4.69, 9.17) is 4.74 Å². The van der Waals surface area contributed by atoms with E-state index in [1.165, 1.54) is 0 Å². The third-order valence-corrected chi connectivity index (χ3v) is 7.29. The van der Waals surface area contributed by atoms with Gasteiger partial charge in [0.15, 0.2) is 11.0 Å². The third kappa shape index (κ3) is 3.25. The Hall–Kier alpha value is -2.28. The molecule has 7 heteroatoms. The van der Waals surface area contributed by atoms with E-state index in [2.05, 4.69) is 9.89 Å². The SMILES string of the molecule is Cc1cc(C)c2c(c1)OC1(CCN(C(=O)CC3=CSC4=NCCN34)CC1)CC2=O. The lowest BCUT2D eigenvalue weighted by Gasteiger charge is -2.44. The maximum atomic E-state index is 12.9. The van der Waals surface area contributed by atoms with Crippen molar-refractivity contribution in [3.63, 3.8) is 0 Å². The number of likely N-dealkylation sites (tertiary alicyclic amines) is 1. The maximum absolute atomic E-state index is 12.9. The lowest BCUT2D eigenvalue weighted by molar-refractivity contribution is -0.134. The number of aryl methyl sites for hydroxylation is 2. The van der Waals surface area contributed by atoms with Crippen molar-refractivity contribution in [2.24, 2.45) is 4.99 Å². The summed E-state index contributed by atoms with van der Waals surface area (Å²) in [6, 6.07) is 4.00. The summed E-state index contributed by atoms with van der Waals surface area (Å²) in [5, 5.41) is 3.06. The number of fused-ring (bicyclic) bond motifs is 2. The summed E-state index contributed by atoms with van der Waals surface area (Å²) in [7, 11) is 0. The standard InChI is InChI=1S/C22H25N3O3S/c1-14-9-15(2)20-17(26)12-22(28-18(20)10-14)3-6-24(7-4-22)19(27)11-16-13-29-21-23-5-8-25(16)21/h9-10,13H,3-8,11-12H2,1-2H3. The van der Waals surface area contributed by atoms with Crippen molar-refractivity contribution in [3.05, 3.63) is 39.9 Å². The van der Waals surface area contributed by atoms with Gasteiger partial charge in [-0.25, -0.2) is 0 Å². The second-order valence-corrected chi connectivity index (χ2v) is 9.28. The Kier molecular flexibility index (Phi) is 4.46. The molecule has 1 amide bonds. The Morgan fingerprint density at radius 2 is 2.03 bits per heavy atom. The molecule has 1 aromatic rings. The quantitative estimate of drug-likeness (QED) is 0.747. The number of amidine groups is 1. The molecule has 0 aromatic heterocycles. The van der Waals surface area contributed by atoms with E-state index in [-0.39, 0.29) is 11.7 Å². The zero-order valence-corrected chi connectivity index (χ0v) is 17.7. The number of ketones is 1. The first-order chi connectivity index (χ1) is 13.9. The zero-order valence-electron chi connectivity index (χ0n) is 16.9. The first kappa shape index (κ1) is 18.7. The van der Waals surface area contributed by atoms with Gasteiger partial charge >= 0.3 is 0 Å². The van der Waals surface area contributed by atoms with E-state index in [0.717, 1.165) is 40.6 Å². The van der Waals surface area contributed by atoms with Crippen LogP contribution in [0.2, 0.25) is 0 Å². The normalized spacial score (nSPS) is 22.2. The highest BCUT2D eigenvalue weighted by Gasteiger charge is 2.44. The van der Waals surface area contributed by atoms with E-state index >= 15 is 0 Å². The topological polar surface area (TPSA) is 62.2 Å². The summed E-state index contributed by atoms with van der Waals surface area (Å²) in [5.41, 5.74) is 3.40. The number of carbonyl (C=O) groups is 2. The second kappa shape index (κ2) is 6.90. The van der Waals surface area contributed by atoms with Crippen molar-refractivity contribution in [2.75, 3.05) is 26.2 Å². The van der Waals surface area contributed by atoms with Crippen LogP contribution in [0.1, 0.15) is 47.2 Å². The molecule has 5 rings (SSSR count). The second-order valence-electron chi connectivity index (χ2n) is 8.44. The summed E-state index contributed by atoms with van der Waals surface area (Å²) in [4.78, 5) is 34.2. The molecule has 0 N–H and O–H groups in total. The largest absolute Gasteiger partial charge is 0.486 e. The fraction of sp³-hybridized carbons (Fsp3) is 0.500. The molecule has 152 valence electrons. The number of rotatable bonds is 2. The fourth-order valence-corrected chi connectivity index (χ4v) is 5.80. The summed E-state index contributed by atoms with van der Waals surface area (Å²) in [5.74, 6) is 1.03. The molecule has 1 aromatic carbocycles. The van der Waals surface area contributed by atoms with Crippen molar-refractivity contribution in [1.82, 2.24) is 9.80 Å². The predicted octanol–water partition coefficient (Wildman–Crippen LogP) is 3.28. The number of thioether (sulfide) groups is 1. The molecule has 1 fully saturated rings. The van der Waals surface area contributed by atoms with Crippen molar-refractivity contribution in [1.29, 1.82) is 0 Å². The summed E-state index contributed by atoms with van der Waals surface area (Å²) in [6.45, 7) is 6.95. The molecular formula is C22H25N3O3S. The van der Waals surface area contributed by atoms with Gasteiger partial charge in [-0.15, -0.1) is 0 Å². The number of carbonyl (C=O) groups excluding carboxylic acids is 2. The number of nitrogens with zero attached hydrogens (tertiary/aromatic N) is 3. The highest BCUT2D eigenvalue weighted by Crippen LogP contribution is 2.41. The van der Waals surface area contributed by atoms with Crippen LogP contribution in [0.15, 0.2) is 28.2 Å². The first-order valence-electron chi connectivity index (χ1n) is 10.2. The monoisotopic (exact) mass is 411 g/mol. The van der Waals surface area contributed by atoms with Crippen LogP contribution in [0.3, 0.4) is 0 Å². The Morgan fingerprint density at radius 1 is 1.24 bits per heavy atom. The number of Topliss-reactive ketones (excluding diaryl/α,β-unsaturated/α-hetero) is 1. The van der Waals surface area contributed by atoms with Crippen molar-refractivity contribution in [3.8, 4) is 5.75 Å². The van der Waals surface area contributed by atoms with Crippen LogP contribution in [0.5, 0.6) is 5.75 Å². The number of hydrogen-bond donors (Lipinski definition) is 0. The third-order valence-electron chi connectivity index (χ3n) is 6.34. The lowest BCUT2D eigenvalue weighted by Crippen LogP contribution is -2.52. The number of aliphatic imine (C=N–C) groups is 1. The van der Waals surface area contributed by atoms with Gasteiger partial charge in [-0.05, 0) is 36.4 Å². The molecule has 0 aliphatic carbocycles. The number of amides is 1. The number of ether oxygens (including phenoxy) is 1. The van der Waals surface area contributed by atoms with Crippen LogP contribution in [0.25, 0.3) is 0 Å². The predicted molar refractivity (Wildman–Crippen MR) is 113 cm³/mol. The van der Waals surface area contributed by atoms with E-state index < -0.39 is 5.60 Å². The minimum atomic E-state index is -0.474. The molecule has 1 saturated heterocycles. The van der Waals surface area contributed by atoms with E-state index in [9.17, 15) is 9.59 Å². The summed E-state index contributed by atoms with van der Waals surface area (Å²) < 4.78 is 6.41. The molecule has 29 heavy (non-hydrogen) atoms. The highest BCUT2D eigenvalue weighted by atomic mass is 32.2. The molecule has 6 nitrogen and oxygen atoms in total. The van der Waals surface area contributed by atoms with E-state index in [1.807, 2.05) is 36.3 Å². The van der Waals surface area contributed by atoms with Crippen LogP contribution in [-0.4, -0.2) is 58.4 Å². The molecule has 0 radical (unpaired) electrons. The molecule has 1 spiro atoms. The van der Waals surface area contributed by atoms with Gasteiger partial charge in [-0.3, -0.25) is 14.6 Å². The van der Waals surface area contributed by atoms with Gasteiger partial charge in [-0.2, -0.15) is 0 Å². The van der Waals surface area contributed by atoms with Gasteiger partial charge in [0, 0.05) is 38.2 Å². The van der Waals surface area contributed by atoms with Crippen molar-refractivity contribution in [2.45, 2.75) is 45.1 Å². The van der Waals surface area contributed by atoms with Crippen LogP contribution in [0.4, 0.5) is 0 Å². The van der Waals surface area contributed by atoms with E-state index in [1.54, 1.807) is 11.8 Å². The van der Waals surface area contributed by atoms with Gasteiger partial charge in [0.05, 0.1) is 24.9 Å². The van der Waals surface area contributed by atoms with Crippen LogP contribution < -0.4 is 4.74 Å². The Labute approximate surface area is 175 Å². The van der Waals surface area contributed by atoms with Gasteiger partial charge in [0.2, 0.25) is 5.91 Å². The van der Waals surface area contributed by atoms with Crippen LogP contribution in [-0.2, 0) is 4.79 Å². The van der Waals surface area contributed by atoms with Gasteiger partial charge in [0.1, 0.15) is 11.4 Å². The average Bonchev–Trinajstić information content (AvgIpc) is 3.26. The smallest absolute Gasteiger partial charge is 0.228 e. The molecule has 0 unspecified atom stereocenters. The lowest BCUT2D eigenvalue weighted by atomic mass is 9.81. The van der Waals surface area contributed by atoms with E-state index in [0.29, 0.717) is 44.5 Å². The maximum Gasteiger partial charge on any atom is 0.228 e. The van der Waals surface area contributed by atoms with Gasteiger partial charge < -0.3 is 14.5 Å². The van der Waals surface area contributed by atoms with Crippen molar-refractivity contribution >= 4 is 28.6 Å². The van der Waals surface area contributed by atoms with Gasteiger partial charge in [-0.1, -0.05) is 17.8 Å². The zero-order chi connectivity index (χ0) is 20.2. The molecule has 0 atom stereocenters. The van der Waals surface area contributed by atoms with Gasteiger partial charge in [0.25, 0.3) is 0 Å². The number of piperidine rings is 1. The van der Waals surface area contributed by atoms with Crippen LogP contribution in [0, 0.1) is 13.8 Å². The highest BCUT2D eigenvalue weighted by molar-refractivity contribution is 8.16. The molecule has 4 aliphatic rings. The Balaban J connectivity index is 1.25. The van der Waals surface area contributed by atoms with Crippen LogP contribution >= 0.6 is 11.8 Å². The molecule has 4 aliphatic heterocycles. The fourth-order valence-electron chi connectivity index (χ4n) is 4.84. The number of benzene rings is 1.